The average Bonchev–Trinajstić information content (AvgIpc) is 2.26. The summed E-state index contributed by atoms with van der Waals surface area (Å²) in [6.07, 6.45) is 0. The van der Waals surface area contributed by atoms with Crippen LogP contribution in [0.3, 0.4) is 0 Å². The first-order chi connectivity index (χ1) is 7.11. The topological polar surface area (TPSA) is 43.4 Å². The largest absolute Gasteiger partial charge is 0.350 e. The molecule has 0 aliphatic carbocycles. The second-order valence-corrected chi connectivity index (χ2v) is 3.43. The van der Waals surface area contributed by atoms with E-state index in [1.54, 1.807) is 0 Å². The monoisotopic (exact) mass is 226 g/mol. The van der Waals surface area contributed by atoms with Crippen molar-refractivity contribution in [1.82, 2.24) is 0 Å². The summed E-state index contributed by atoms with van der Waals surface area (Å²) >= 11 is 5.58. The van der Waals surface area contributed by atoms with Crippen LogP contribution in [-0.4, -0.2) is 17.1 Å². The maximum absolute atomic E-state index is 11.1. The molecule has 0 radical (unpaired) electrons. The highest BCUT2D eigenvalue weighted by atomic mass is 35.5. The lowest BCUT2D eigenvalue weighted by Gasteiger charge is -2.07. The summed E-state index contributed by atoms with van der Waals surface area (Å²) in [6.45, 7) is 1.39. The molecule has 1 rings (SSSR count). The molecule has 0 bridgehead atoms. The van der Waals surface area contributed by atoms with Gasteiger partial charge in [0.15, 0.2) is 11.3 Å². The van der Waals surface area contributed by atoms with E-state index in [1.165, 1.54) is 6.92 Å². The van der Waals surface area contributed by atoms with Crippen molar-refractivity contribution in [2.24, 2.45) is 0 Å². The van der Waals surface area contributed by atoms with Crippen molar-refractivity contribution in [2.75, 3.05) is 0 Å². The van der Waals surface area contributed by atoms with Crippen molar-refractivity contribution in [3.63, 3.8) is 0 Å². The van der Waals surface area contributed by atoms with Crippen LogP contribution in [0.1, 0.15) is 12.5 Å². The van der Waals surface area contributed by atoms with Crippen molar-refractivity contribution in [1.29, 1.82) is 0 Å². The summed E-state index contributed by atoms with van der Waals surface area (Å²) in [5, 5.41) is 0. The van der Waals surface area contributed by atoms with Gasteiger partial charge < -0.3 is 4.74 Å². The molecule has 1 aromatic rings. The number of carbonyl (C=O) groups excluding carboxylic acids is 2. The number of benzene rings is 1. The standard InChI is InChI=1S/C11H11ClO3/c1-8(13)10(14)11(12)15-7-9-5-3-2-4-6-9/h2-6,11H,7H2,1H3. The molecule has 4 heteroatoms. The lowest BCUT2D eigenvalue weighted by molar-refractivity contribution is -0.139. The molecule has 0 amide bonds. The van der Waals surface area contributed by atoms with Crippen LogP contribution in [-0.2, 0) is 20.9 Å². The number of carbonyl (C=O) groups is 2. The van der Waals surface area contributed by atoms with Gasteiger partial charge in [0.05, 0.1) is 6.61 Å². The minimum atomic E-state index is -1.19. The first kappa shape index (κ1) is 11.9. The van der Waals surface area contributed by atoms with Gasteiger partial charge in [-0.25, -0.2) is 0 Å². The van der Waals surface area contributed by atoms with E-state index in [9.17, 15) is 9.59 Å². The number of hydrogen-bond donors (Lipinski definition) is 0. The van der Waals surface area contributed by atoms with Crippen molar-refractivity contribution in [3.05, 3.63) is 35.9 Å². The molecule has 15 heavy (non-hydrogen) atoms. The molecule has 1 unspecified atom stereocenters. The molecule has 3 nitrogen and oxygen atoms in total. The summed E-state index contributed by atoms with van der Waals surface area (Å²) in [7, 11) is 0. The Bertz CT molecular complexity index is 348. The molecule has 0 spiro atoms. The maximum atomic E-state index is 11.1. The van der Waals surface area contributed by atoms with Crippen LogP contribution in [0.15, 0.2) is 30.3 Å². The lowest BCUT2D eigenvalue weighted by atomic mass is 10.2. The van der Waals surface area contributed by atoms with Gasteiger partial charge in [-0.2, -0.15) is 0 Å². The summed E-state index contributed by atoms with van der Waals surface area (Å²) < 4.78 is 5.05. The third kappa shape index (κ3) is 3.81. The Labute approximate surface area is 93.0 Å². The molecule has 0 fully saturated rings. The highest BCUT2D eigenvalue weighted by molar-refractivity contribution is 6.48. The van der Waals surface area contributed by atoms with E-state index in [2.05, 4.69) is 0 Å². The van der Waals surface area contributed by atoms with Crippen LogP contribution in [0.4, 0.5) is 0 Å². The second-order valence-electron chi connectivity index (χ2n) is 3.03. The summed E-state index contributed by atoms with van der Waals surface area (Å²) in [4.78, 5) is 21.7. The number of alkyl halides is 1. The van der Waals surface area contributed by atoms with Gasteiger partial charge in [0.1, 0.15) is 0 Å². The number of Topliss-reactive ketones (excluding diaryl/α,β-unsaturated/α-hetero) is 2. The molecule has 1 aromatic carbocycles. The molecule has 0 aromatic heterocycles. The molecule has 0 N–H and O–H groups in total. The van der Waals surface area contributed by atoms with Gasteiger partial charge in [0, 0.05) is 6.92 Å². The van der Waals surface area contributed by atoms with Gasteiger partial charge >= 0.3 is 0 Å². The SMILES string of the molecule is CC(=O)C(=O)C(Cl)OCc1ccccc1. The quantitative estimate of drug-likeness (QED) is 0.569. The van der Waals surface area contributed by atoms with Gasteiger partial charge in [0.25, 0.3) is 0 Å². The lowest BCUT2D eigenvalue weighted by Crippen LogP contribution is -2.24. The van der Waals surface area contributed by atoms with E-state index in [1.807, 2.05) is 30.3 Å². The van der Waals surface area contributed by atoms with E-state index < -0.39 is 17.1 Å². The number of hydrogen-bond acceptors (Lipinski definition) is 3. The van der Waals surface area contributed by atoms with Gasteiger partial charge in [0.2, 0.25) is 5.78 Å². The molecule has 0 saturated carbocycles. The fourth-order valence-corrected chi connectivity index (χ4v) is 1.20. The third-order valence-corrected chi connectivity index (χ3v) is 2.12. The average molecular weight is 227 g/mol. The van der Waals surface area contributed by atoms with Crippen LogP contribution in [0, 0.1) is 0 Å². The van der Waals surface area contributed by atoms with Crippen molar-refractivity contribution < 1.29 is 14.3 Å². The zero-order valence-corrected chi connectivity index (χ0v) is 9.03. The molecule has 0 saturated heterocycles. The van der Waals surface area contributed by atoms with Crippen LogP contribution in [0.2, 0.25) is 0 Å². The van der Waals surface area contributed by atoms with E-state index in [0.717, 1.165) is 5.56 Å². The highest BCUT2D eigenvalue weighted by Crippen LogP contribution is 2.07. The molecule has 0 heterocycles. The minimum absolute atomic E-state index is 0.216. The number of halogens is 1. The first-order valence-electron chi connectivity index (χ1n) is 4.45. The maximum Gasteiger partial charge on any atom is 0.241 e. The smallest absolute Gasteiger partial charge is 0.241 e. The normalized spacial score (nSPS) is 12.1. The molecular weight excluding hydrogens is 216 g/mol. The Hall–Kier alpha value is -1.19. The van der Waals surface area contributed by atoms with E-state index >= 15 is 0 Å². The van der Waals surface area contributed by atoms with Crippen molar-refractivity contribution >= 4 is 23.2 Å². The zero-order chi connectivity index (χ0) is 11.3. The molecular formula is C11H11ClO3. The predicted molar refractivity (Wildman–Crippen MR) is 56.6 cm³/mol. The minimum Gasteiger partial charge on any atom is -0.350 e. The van der Waals surface area contributed by atoms with Crippen LogP contribution < -0.4 is 0 Å². The first-order valence-corrected chi connectivity index (χ1v) is 4.89. The van der Waals surface area contributed by atoms with Crippen LogP contribution in [0.5, 0.6) is 0 Å². The van der Waals surface area contributed by atoms with Gasteiger partial charge in [-0.15, -0.1) is 0 Å². The Kier molecular flexibility index (Phi) is 4.46. The second kappa shape index (κ2) is 5.63. The number of ether oxygens (including phenoxy) is 1. The van der Waals surface area contributed by atoms with E-state index in [0.29, 0.717) is 0 Å². The third-order valence-electron chi connectivity index (χ3n) is 1.79. The zero-order valence-electron chi connectivity index (χ0n) is 8.27. The predicted octanol–water partition coefficient (Wildman–Crippen LogP) is 1.93. The molecule has 1 atom stereocenters. The Morgan fingerprint density at radius 1 is 1.33 bits per heavy atom. The van der Waals surface area contributed by atoms with E-state index in [4.69, 9.17) is 16.3 Å². The fraction of sp³-hybridized carbons (Fsp3) is 0.273. The van der Waals surface area contributed by atoms with Crippen molar-refractivity contribution in [3.8, 4) is 0 Å². The Morgan fingerprint density at radius 3 is 2.47 bits per heavy atom. The summed E-state index contributed by atoms with van der Waals surface area (Å²) in [5.41, 5.74) is -0.290. The molecule has 0 aliphatic rings. The summed E-state index contributed by atoms with van der Waals surface area (Å²) in [6, 6.07) is 9.29. The van der Waals surface area contributed by atoms with Crippen molar-refractivity contribution in [2.45, 2.75) is 19.1 Å². The Balaban J connectivity index is 2.44. The summed E-state index contributed by atoms with van der Waals surface area (Å²) in [5.74, 6) is -1.31. The molecule has 80 valence electrons. The molecule has 0 aliphatic heterocycles. The van der Waals surface area contributed by atoms with E-state index in [-0.39, 0.29) is 6.61 Å². The fourth-order valence-electron chi connectivity index (χ4n) is 0.979. The highest BCUT2D eigenvalue weighted by Gasteiger charge is 2.19. The number of rotatable bonds is 5. The van der Waals surface area contributed by atoms with Crippen LogP contribution >= 0.6 is 11.6 Å². The Morgan fingerprint density at radius 2 is 1.93 bits per heavy atom. The van der Waals surface area contributed by atoms with Crippen LogP contribution in [0.25, 0.3) is 0 Å². The van der Waals surface area contributed by atoms with Gasteiger partial charge in [-0.1, -0.05) is 41.9 Å². The number of ketones is 2. The van der Waals surface area contributed by atoms with Gasteiger partial charge in [-0.05, 0) is 5.56 Å². The van der Waals surface area contributed by atoms with Gasteiger partial charge in [-0.3, -0.25) is 9.59 Å².